The van der Waals surface area contributed by atoms with E-state index < -0.39 is 0 Å². The van der Waals surface area contributed by atoms with Crippen LogP contribution in [0, 0.1) is 11.3 Å². The molecule has 166 valence electrons. The fraction of sp³-hybridized carbons (Fsp3) is 0.375. The molecule has 0 saturated carbocycles. The van der Waals surface area contributed by atoms with Gasteiger partial charge in [-0.2, -0.15) is 5.26 Å². The number of nitriles is 1. The molecule has 0 heterocycles. The van der Waals surface area contributed by atoms with Crippen molar-refractivity contribution in [3.8, 4) is 17.6 Å². The fourth-order valence-corrected chi connectivity index (χ4v) is 3.97. The lowest BCUT2D eigenvalue weighted by Gasteiger charge is -2.19. The average molecular weight is 443 g/mol. The molecule has 2 aromatic rings. The van der Waals surface area contributed by atoms with E-state index in [1.807, 2.05) is 56.3 Å². The third-order valence-electron chi connectivity index (χ3n) is 4.31. The topological polar surface area (TPSA) is 72.7 Å². The molecule has 0 fully saturated rings. The molecule has 0 saturated heterocycles. The van der Waals surface area contributed by atoms with Crippen LogP contribution in [0.5, 0.6) is 11.5 Å². The summed E-state index contributed by atoms with van der Waals surface area (Å²) in [6.45, 7) is 5.05. The molecule has 31 heavy (non-hydrogen) atoms. The monoisotopic (exact) mass is 442 g/mol. The summed E-state index contributed by atoms with van der Waals surface area (Å²) >= 11 is 1.58. The lowest BCUT2D eigenvalue weighted by molar-refractivity contribution is -0.120. The first kappa shape index (κ1) is 24.6. The molecule has 0 amide bonds. The molecule has 0 spiro atoms. The zero-order chi connectivity index (χ0) is 22.5. The molecule has 1 N–H and O–H groups in total. The number of nitrogens with one attached hydrogen (secondary N) is 1. The van der Waals surface area contributed by atoms with E-state index in [4.69, 9.17) is 18.9 Å². The molecule has 0 aliphatic carbocycles. The molecule has 6 nitrogen and oxygen atoms in total. The van der Waals surface area contributed by atoms with Crippen LogP contribution < -0.4 is 14.8 Å². The molecule has 7 heteroatoms. The van der Waals surface area contributed by atoms with Gasteiger partial charge in [-0.3, -0.25) is 0 Å². The predicted molar refractivity (Wildman–Crippen MR) is 125 cm³/mol. The Balaban J connectivity index is 2.22. The Morgan fingerprint density at radius 2 is 1.81 bits per heavy atom. The Morgan fingerprint density at radius 3 is 2.39 bits per heavy atom. The van der Waals surface area contributed by atoms with Crippen molar-refractivity contribution < 1.29 is 18.9 Å². The Labute approximate surface area is 189 Å². The number of hydrogen-bond donors (Lipinski definition) is 1. The van der Waals surface area contributed by atoms with E-state index in [1.165, 1.54) is 0 Å². The van der Waals surface area contributed by atoms with Gasteiger partial charge < -0.3 is 24.3 Å². The standard InChI is InChI=1S/C24H30N2O4S/c1-5-29-23(30-6-2)17-31-22-14-18(13-21(27-3)24(22)28-4)12-19(15-25)16-26-20-10-8-7-9-11-20/h7-11,13-14,16,23,26H,5-6,12,17H2,1-4H3/b19-16-. The number of benzene rings is 2. The minimum atomic E-state index is -0.302. The number of hydrogen-bond acceptors (Lipinski definition) is 7. The highest BCUT2D eigenvalue weighted by Crippen LogP contribution is 2.39. The van der Waals surface area contributed by atoms with Crippen molar-refractivity contribution in [3.63, 3.8) is 0 Å². The highest BCUT2D eigenvalue weighted by atomic mass is 32.2. The Kier molecular flexibility index (Phi) is 10.8. The number of rotatable bonds is 13. The van der Waals surface area contributed by atoms with Crippen LogP contribution in [-0.2, 0) is 15.9 Å². The molecule has 0 aliphatic heterocycles. The minimum absolute atomic E-state index is 0.302. The highest BCUT2D eigenvalue weighted by molar-refractivity contribution is 7.99. The number of allylic oxidation sites excluding steroid dienone is 1. The molecular formula is C24H30N2O4S. The molecule has 0 radical (unpaired) electrons. The molecule has 0 aromatic heterocycles. The van der Waals surface area contributed by atoms with Crippen LogP contribution in [0.1, 0.15) is 19.4 Å². The molecule has 2 aromatic carbocycles. The molecule has 0 bridgehead atoms. The number of nitrogens with zero attached hydrogens (tertiary/aromatic N) is 1. The summed E-state index contributed by atoms with van der Waals surface area (Å²) in [7, 11) is 3.23. The fourth-order valence-electron chi connectivity index (χ4n) is 2.91. The summed E-state index contributed by atoms with van der Waals surface area (Å²) in [4.78, 5) is 0.912. The first-order valence-electron chi connectivity index (χ1n) is 10.2. The van der Waals surface area contributed by atoms with Crippen LogP contribution in [0.2, 0.25) is 0 Å². The van der Waals surface area contributed by atoms with Gasteiger partial charge in [-0.15, -0.1) is 11.8 Å². The van der Waals surface area contributed by atoms with Crippen molar-refractivity contribution in [3.05, 3.63) is 59.8 Å². The van der Waals surface area contributed by atoms with Crippen molar-refractivity contribution in [1.29, 1.82) is 5.26 Å². The average Bonchev–Trinajstić information content (AvgIpc) is 2.80. The van der Waals surface area contributed by atoms with Gasteiger partial charge in [-0.25, -0.2) is 0 Å². The molecule has 0 atom stereocenters. The van der Waals surface area contributed by atoms with E-state index in [-0.39, 0.29) is 6.29 Å². The summed E-state index contributed by atoms with van der Waals surface area (Å²) in [5.74, 6) is 1.90. The summed E-state index contributed by atoms with van der Waals surface area (Å²) in [5, 5.41) is 12.8. The maximum atomic E-state index is 9.60. The molecule has 0 unspecified atom stereocenters. The van der Waals surface area contributed by atoms with E-state index in [9.17, 15) is 5.26 Å². The van der Waals surface area contributed by atoms with Crippen molar-refractivity contribution in [2.45, 2.75) is 31.5 Å². The van der Waals surface area contributed by atoms with Crippen LogP contribution >= 0.6 is 11.8 Å². The number of para-hydroxylation sites is 1. The highest BCUT2D eigenvalue weighted by Gasteiger charge is 2.17. The van der Waals surface area contributed by atoms with Crippen molar-refractivity contribution in [2.24, 2.45) is 0 Å². The van der Waals surface area contributed by atoms with Crippen LogP contribution in [0.25, 0.3) is 0 Å². The Morgan fingerprint density at radius 1 is 1.10 bits per heavy atom. The smallest absolute Gasteiger partial charge is 0.174 e. The van der Waals surface area contributed by atoms with Gasteiger partial charge in [-0.05, 0) is 43.7 Å². The zero-order valence-corrected chi connectivity index (χ0v) is 19.3. The maximum absolute atomic E-state index is 9.60. The van der Waals surface area contributed by atoms with Crippen molar-refractivity contribution in [1.82, 2.24) is 0 Å². The number of thioether (sulfide) groups is 1. The van der Waals surface area contributed by atoms with Crippen molar-refractivity contribution >= 4 is 17.4 Å². The van der Waals surface area contributed by atoms with Crippen LogP contribution in [0.4, 0.5) is 5.69 Å². The van der Waals surface area contributed by atoms with E-state index in [2.05, 4.69) is 11.4 Å². The van der Waals surface area contributed by atoms with Gasteiger partial charge in [0.1, 0.15) is 0 Å². The summed E-state index contributed by atoms with van der Waals surface area (Å²) < 4.78 is 22.4. The largest absolute Gasteiger partial charge is 0.493 e. The van der Waals surface area contributed by atoms with Gasteiger partial charge >= 0.3 is 0 Å². The first-order valence-corrected chi connectivity index (χ1v) is 11.1. The minimum Gasteiger partial charge on any atom is -0.493 e. The van der Waals surface area contributed by atoms with E-state index in [0.717, 1.165) is 16.1 Å². The molecular weight excluding hydrogens is 412 g/mol. The quantitative estimate of drug-likeness (QED) is 0.258. The SMILES string of the molecule is CCOC(CSc1cc(C/C(C#N)=C/Nc2ccccc2)cc(OC)c1OC)OCC. The zero-order valence-electron chi connectivity index (χ0n) is 18.5. The van der Waals surface area contributed by atoms with E-state index in [1.54, 1.807) is 32.2 Å². The van der Waals surface area contributed by atoms with Gasteiger partial charge in [-0.1, -0.05) is 18.2 Å². The Bertz CT molecular complexity index is 875. The van der Waals surface area contributed by atoms with Gasteiger partial charge in [0.15, 0.2) is 17.8 Å². The second-order valence-corrected chi connectivity index (χ2v) is 7.51. The van der Waals surface area contributed by atoms with Gasteiger partial charge in [0, 0.05) is 42.8 Å². The summed E-state index contributed by atoms with van der Waals surface area (Å²) in [6, 6.07) is 15.9. The number of anilines is 1. The van der Waals surface area contributed by atoms with Gasteiger partial charge in [0.25, 0.3) is 0 Å². The first-order chi connectivity index (χ1) is 15.1. The third kappa shape index (κ3) is 7.83. The predicted octanol–water partition coefficient (Wildman–Crippen LogP) is 5.26. The van der Waals surface area contributed by atoms with Gasteiger partial charge in [0.05, 0.1) is 25.2 Å². The lowest BCUT2D eigenvalue weighted by atomic mass is 10.1. The summed E-state index contributed by atoms with van der Waals surface area (Å²) in [5.41, 5.74) is 2.48. The third-order valence-corrected chi connectivity index (χ3v) is 5.36. The molecule has 2 rings (SSSR count). The van der Waals surface area contributed by atoms with Gasteiger partial charge in [0.2, 0.25) is 0 Å². The Hall–Kier alpha value is -2.66. The molecule has 0 aliphatic rings. The van der Waals surface area contributed by atoms with Crippen LogP contribution in [0.15, 0.2) is 59.1 Å². The van der Waals surface area contributed by atoms with Crippen molar-refractivity contribution in [2.75, 3.05) is 38.5 Å². The number of methoxy groups -OCH3 is 2. The van der Waals surface area contributed by atoms with Crippen LogP contribution in [0.3, 0.4) is 0 Å². The second kappa shape index (κ2) is 13.6. The number of ether oxygens (including phenoxy) is 4. The van der Waals surface area contributed by atoms with E-state index >= 15 is 0 Å². The lowest BCUT2D eigenvalue weighted by Crippen LogP contribution is -2.20. The van der Waals surface area contributed by atoms with Crippen LogP contribution in [-0.4, -0.2) is 39.5 Å². The normalized spacial score (nSPS) is 11.3. The second-order valence-electron chi connectivity index (χ2n) is 6.45. The van der Waals surface area contributed by atoms with E-state index in [0.29, 0.717) is 42.5 Å². The maximum Gasteiger partial charge on any atom is 0.174 e. The summed E-state index contributed by atoms with van der Waals surface area (Å²) in [6.07, 6.45) is 1.90.